The highest BCUT2D eigenvalue weighted by Crippen LogP contribution is 2.18. The fourth-order valence-electron chi connectivity index (χ4n) is 2.50. The Labute approximate surface area is 118 Å². The molecule has 2 heteroatoms. The Morgan fingerprint density at radius 3 is 2.60 bits per heavy atom. The van der Waals surface area contributed by atoms with E-state index < -0.39 is 0 Å². The summed E-state index contributed by atoms with van der Waals surface area (Å²) in [5.74, 6) is 0.146. The number of aromatic nitrogens is 1. The normalized spacial score (nSPS) is 10.9. The predicted molar refractivity (Wildman–Crippen MR) is 82.2 cm³/mol. The molecule has 0 spiro atoms. The van der Waals surface area contributed by atoms with E-state index in [4.69, 9.17) is 0 Å². The van der Waals surface area contributed by atoms with Crippen molar-refractivity contribution in [2.45, 2.75) is 20.4 Å². The van der Waals surface area contributed by atoms with E-state index in [1.165, 1.54) is 10.9 Å². The molecule has 0 radical (unpaired) electrons. The number of hydrogen-bond acceptors (Lipinski definition) is 1. The Balaban J connectivity index is 1.93. The van der Waals surface area contributed by atoms with E-state index >= 15 is 0 Å². The predicted octanol–water partition coefficient (Wildman–Crippen LogP) is 4.14. The van der Waals surface area contributed by atoms with Crippen LogP contribution in [0.25, 0.3) is 10.9 Å². The zero-order valence-electron chi connectivity index (χ0n) is 11.8. The van der Waals surface area contributed by atoms with Crippen molar-refractivity contribution in [2.24, 2.45) is 0 Å². The third-order valence-corrected chi connectivity index (χ3v) is 3.58. The maximum atomic E-state index is 12.4. The highest BCUT2D eigenvalue weighted by Gasteiger charge is 2.09. The Morgan fingerprint density at radius 1 is 1.00 bits per heavy atom. The van der Waals surface area contributed by atoms with E-state index in [1.807, 2.05) is 42.0 Å². The zero-order valence-corrected chi connectivity index (χ0v) is 11.8. The number of Topliss-reactive ketones (excluding diaryl/α,β-unsaturated/α-hetero) is 1. The molecule has 0 aliphatic rings. The first-order valence-corrected chi connectivity index (χ1v) is 6.79. The van der Waals surface area contributed by atoms with E-state index in [0.29, 0.717) is 6.54 Å². The van der Waals surface area contributed by atoms with Crippen LogP contribution in [-0.2, 0) is 6.54 Å². The molecule has 0 N–H and O–H groups in total. The first-order chi connectivity index (χ1) is 9.63. The first kappa shape index (κ1) is 12.7. The molecule has 100 valence electrons. The van der Waals surface area contributed by atoms with Crippen LogP contribution in [0, 0.1) is 13.8 Å². The second-order valence-corrected chi connectivity index (χ2v) is 5.30. The number of aryl methyl sites for hydroxylation is 2. The lowest BCUT2D eigenvalue weighted by Gasteiger charge is -2.06. The first-order valence-electron chi connectivity index (χ1n) is 6.79. The van der Waals surface area contributed by atoms with E-state index in [0.717, 1.165) is 16.6 Å². The summed E-state index contributed by atoms with van der Waals surface area (Å²) in [6.45, 7) is 4.46. The number of ketones is 1. The van der Waals surface area contributed by atoms with Gasteiger partial charge in [0.25, 0.3) is 0 Å². The SMILES string of the molecule is Cc1cccc(C(=O)Cn2ccc3ccc(C)cc32)c1. The minimum atomic E-state index is 0.146. The summed E-state index contributed by atoms with van der Waals surface area (Å²) in [6.07, 6.45) is 1.98. The second-order valence-electron chi connectivity index (χ2n) is 5.30. The minimum Gasteiger partial charge on any atom is -0.340 e. The number of nitrogens with zero attached hydrogens (tertiary/aromatic N) is 1. The Bertz CT molecular complexity index is 783. The van der Waals surface area contributed by atoms with Gasteiger partial charge in [-0.2, -0.15) is 0 Å². The van der Waals surface area contributed by atoms with E-state index in [9.17, 15) is 4.79 Å². The molecule has 3 rings (SSSR count). The Hall–Kier alpha value is -2.35. The molecule has 0 saturated carbocycles. The van der Waals surface area contributed by atoms with E-state index in [1.54, 1.807) is 0 Å². The van der Waals surface area contributed by atoms with Crippen molar-refractivity contribution in [3.63, 3.8) is 0 Å². The highest BCUT2D eigenvalue weighted by molar-refractivity contribution is 5.97. The van der Waals surface area contributed by atoms with Crippen molar-refractivity contribution in [2.75, 3.05) is 0 Å². The van der Waals surface area contributed by atoms with Crippen LogP contribution in [0.15, 0.2) is 54.7 Å². The average molecular weight is 263 g/mol. The number of rotatable bonds is 3. The van der Waals surface area contributed by atoms with Gasteiger partial charge >= 0.3 is 0 Å². The molecule has 2 aromatic carbocycles. The molecule has 0 aliphatic heterocycles. The third-order valence-electron chi connectivity index (χ3n) is 3.58. The van der Waals surface area contributed by atoms with Crippen LogP contribution < -0.4 is 0 Å². The van der Waals surface area contributed by atoms with Crippen LogP contribution in [0.5, 0.6) is 0 Å². The van der Waals surface area contributed by atoms with Gasteiger partial charge < -0.3 is 4.57 Å². The van der Waals surface area contributed by atoms with Crippen LogP contribution in [0.2, 0.25) is 0 Å². The van der Waals surface area contributed by atoms with Gasteiger partial charge in [-0.15, -0.1) is 0 Å². The summed E-state index contributed by atoms with van der Waals surface area (Å²) in [7, 11) is 0. The topological polar surface area (TPSA) is 22.0 Å². The molecule has 0 atom stereocenters. The number of benzene rings is 2. The summed E-state index contributed by atoms with van der Waals surface area (Å²) in [5, 5.41) is 1.17. The van der Waals surface area contributed by atoms with Gasteiger partial charge in [0.15, 0.2) is 5.78 Å². The van der Waals surface area contributed by atoms with Crippen LogP contribution >= 0.6 is 0 Å². The van der Waals surface area contributed by atoms with Gasteiger partial charge in [0, 0.05) is 17.3 Å². The van der Waals surface area contributed by atoms with Crippen LogP contribution in [0.3, 0.4) is 0 Å². The summed E-state index contributed by atoms with van der Waals surface area (Å²) >= 11 is 0. The second kappa shape index (κ2) is 4.97. The smallest absolute Gasteiger partial charge is 0.182 e. The fourth-order valence-corrected chi connectivity index (χ4v) is 2.50. The molecular formula is C18H17NO. The third kappa shape index (κ3) is 2.37. The molecule has 0 saturated heterocycles. The molecular weight excluding hydrogens is 246 g/mol. The lowest BCUT2D eigenvalue weighted by atomic mass is 10.1. The maximum Gasteiger partial charge on any atom is 0.182 e. The van der Waals surface area contributed by atoms with E-state index in [-0.39, 0.29) is 5.78 Å². The van der Waals surface area contributed by atoms with Crippen LogP contribution in [0.4, 0.5) is 0 Å². The van der Waals surface area contributed by atoms with Gasteiger partial charge in [-0.25, -0.2) is 0 Å². The van der Waals surface area contributed by atoms with Gasteiger partial charge in [-0.1, -0.05) is 35.9 Å². The number of fused-ring (bicyclic) bond motifs is 1. The van der Waals surface area contributed by atoms with Crippen LogP contribution in [0.1, 0.15) is 21.5 Å². The van der Waals surface area contributed by atoms with Crippen molar-refractivity contribution in [3.8, 4) is 0 Å². The van der Waals surface area contributed by atoms with Gasteiger partial charge in [0.05, 0.1) is 6.54 Å². The molecule has 0 bridgehead atoms. The quantitative estimate of drug-likeness (QED) is 0.651. The van der Waals surface area contributed by atoms with Crippen molar-refractivity contribution in [1.82, 2.24) is 4.57 Å². The maximum absolute atomic E-state index is 12.4. The number of carbonyl (C=O) groups excluding carboxylic acids is 1. The summed E-state index contributed by atoms with van der Waals surface area (Å²) in [6, 6.07) is 16.1. The number of hydrogen-bond donors (Lipinski definition) is 0. The average Bonchev–Trinajstić information content (AvgIpc) is 2.81. The molecule has 0 unspecified atom stereocenters. The molecule has 0 fully saturated rings. The molecule has 0 aliphatic carbocycles. The van der Waals surface area contributed by atoms with Crippen LogP contribution in [-0.4, -0.2) is 10.4 Å². The number of carbonyl (C=O) groups is 1. The standard InChI is InChI=1S/C18H17NO/c1-13-4-3-5-16(10-13)18(20)12-19-9-8-15-7-6-14(2)11-17(15)19/h3-11H,12H2,1-2H3. The van der Waals surface area contributed by atoms with Crippen molar-refractivity contribution in [1.29, 1.82) is 0 Å². The Morgan fingerprint density at radius 2 is 1.80 bits per heavy atom. The summed E-state index contributed by atoms with van der Waals surface area (Å²) in [4.78, 5) is 12.4. The molecule has 1 aromatic heterocycles. The van der Waals surface area contributed by atoms with Gasteiger partial charge in [-0.05, 0) is 43.0 Å². The van der Waals surface area contributed by atoms with Gasteiger partial charge in [0.1, 0.15) is 0 Å². The Kier molecular flexibility index (Phi) is 3.15. The molecule has 2 nitrogen and oxygen atoms in total. The summed E-state index contributed by atoms with van der Waals surface area (Å²) < 4.78 is 2.02. The monoisotopic (exact) mass is 263 g/mol. The van der Waals surface area contributed by atoms with Crippen molar-refractivity contribution >= 4 is 16.7 Å². The zero-order chi connectivity index (χ0) is 14.1. The fraction of sp³-hybridized carbons (Fsp3) is 0.167. The summed E-state index contributed by atoms with van der Waals surface area (Å²) in [5.41, 5.74) is 4.22. The lowest BCUT2D eigenvalue weighted by molar-refractivity contribution is 0.0973. The molecule has 1 heterocycles. The molecule has 3 aromatic rings. The largest absolute Gasteiger partial charge is 0.340 e. The van der Waals surface area contributed by atoms with E-state index in [2.05, 4.69) is 31.2 Å². The van der Waals surface area contributed by atoms with Crippen molar-refractivity contribution in [3.05, 3.63) is 71.4 Å². The minimum absolute atomic E-state index is 0.146. The van der Waals surface area contributed by atoms with Gasteiger partial charge in [-0.3, -0.25) is 4.79 Å². The van der Waals surface area contributed by atoms with Crippen molar-refractivity contribution < 1.29 is 4.79 Å². The van der Waals surface area contributed by atoms with Gasteiger partial charge in [0.2, 0.25) is 0 Å². The molecule has 20 heavy (non-hydrogen) atoms. The lowest BCUT2D eigenvalue weighted by Crippen LogP contribution is -2.09. The molecule has 0 amide bonds. The highest BCUT2D eigenvalue weighted by atomic mass is 16.1.